The topological polar surface area (TPSA) is 63.2 Å². The summed E-state index contributed by atoms with van der Waals surface area (Å²) in [6.07, 6.45) is 0. The number of benzene rings is 2. The maximum absolute atomic E-state index is 13.2. The van der Waals surface area contributed by atoms with Crippen molar-refractivity contribution in [3.05, 3.63) is 65.0 Å². The predicted molar refractivity (Wildman–Crippen MR) is 81.6 cm³/mol. The normalized spacial score (nSPS) is 11.4. The molecule has 2 rings (SSSR count). The molecular weight excluding hydrogens is 305 g/mol. The van der Waals surface area contributed by atoms with Crippen LogP contribution in [0, 0.1) is 12.7 Å². The second kappa shape index (κ2) is 6.37. The Bertz CT molecular complexity index is 816. The SMILES string of the molecule is CC(=O)c1cccc(S(=O)(=O)NCc2ccc(F)c(C)c2)c1. The Labute approximate surface area is 129 Å². The summed E-state index contributed by atoms with van der Waals surface area (Å²) in [5.74, 6) is -0.535. The van der Waals surface area contributed by atoms with Gasteiger partial charge in [-0.1, -0.05) is 24.3 Å². The van der Waals surface area contributed by atoms with E-state index in [4.69, 9.17) is 0 Å². The van der Waals surface area contributed by atoms with Crippen molar-refractivity contribution >= 4 is 15.8 Å². The van der Waals surface area contributed by atoms with Gasteiger partial charge in [-0.25, -0.2) is 17.5 Å². The molecule has 2 aromatic rings. The number of hydrogen-bond donors (Lipinski definition) is 1. The van der Waals surface area contributed by atoms with Gasteiger partial charge in [-0.3, -0.25) is 4.79 Å². The Kier molecular flexibility index (Phi) is 4.73. The van der Waals surface area contributed by atoms with Gasteiger partial charge in [0.15, 0.2) is 5.78 Å². The van der Waals surface area contributed by atoms with Crippen LogP contribution in [-0.4, -0.2) is 14.2 Å². The molecule has 22 heavy (non-hydrogen) atoms. The van der Waals surface area contributed by atoms with E-state index in [0.717, 1.165) is 0 Å². The fourth-order valence-corrected chi connectivity index (χ4v) is 3.02. The van der Waals surface area contributed by atoms with Crippen molar-refractivity contribution in [3.8, 4) is 0 Å². The molecule has 0 radical (unpaired) electrons. The first-order chi connectivity index (χ1) is 10.3. The Morgan fingerprint density at radius 1 is 1.18 bits per heavy atom. The molecule has 0 aromatic heterocycles. The molecule has 0 bridgehead atoms. The van der Waals surface area contributed by atoms with E-state index < -0.39 is 10.0 Å². The molecule has 0 saturated heterocycles. The minimum absolute atomic E-state index is 0.0269. The zero-order chi connectivity index (χ0) is 16.3. The molecule has 0 amide bonds. The van der Waals surface area contributed by atoms with Crippen molar-refractivity contribution < 1.29 is 17.6 Å². The van der Waals surface area contributed by atoms with E-state index in [1.165, 1.54) is 37.3 Å². The predicted octanol–water partition coefficient (Wildman–Crippen LogP) is 2.82. The van der Waals surface area contributed by atoms with Crippen molar-refractivity contribution in [2.24, 2.45) is 0 Å². The summed E-state index contributed by atoms with van der Waals surface area (Å²) in [5, 5.41) is 0. The lowest BCUT2D eigenvalue weighted by atomic mass is 10.1. The first kappa shape index (κ1) is 16.3. The van der Waals surface area contributed by atoms with Gasteiger partial charge in [0.2, 0.25) is 10.0 Å². The zero-order valence-electron chi connectivity index (χ0n) is 12.3. The maximum Gasteiger partial charge on any atom is 0.240 e. The van der Waals surface area contributed by atoms with Crippen LogP contribution in [0.4, 0.5) is 4.39 Å². The highest BCUT2D eigenvalue weighted by Gasteiger charge is 2.15. The van der Waals surface area contributed by atoms with Gasteiger partial charge >= 0.3 is 0 Å². The summed E-state index contributed by atoms with van der Waals surface area (Å²) in [7, 11) is -3.73. The molecule has 0 aliphatic carbocycles. The molecule has 0 spiro atoms. The Hall–Kier alpha value is -2.05. The third-order valence-corrected chi connectivity index (χ3v) is 4.64. The quantitative estimate of drug-likeness (QED) is 0.861. The lowest BCUT2D eigenvalue weighted by Crippen LogP contribution is -2.23. The van der Waals surface area contributed by atoms with Crippen LogP contribution in [0.5, 0.6) is 0 Å². The van der Waals surface area contributed by atoms with E-state index in [2.05, 4.69) is 4.72 Å². The van der Waals surface area contributed by atoms with Gasteiger partial charge in [0.1, 0.15) is 5.82 Å². The standard InChI is InChI=1S/C16H16FNO3S/c1-11-8-13(6-7-16(11)17)10-18-22(20,21)15-5-3-4-14(9-15)12(2)19/h3-9,18H,10H2,1-2H3. The second-order valence-electron chi connectivity index (χ2n) is 4.99. The molecule has 0 aliphatic heterocycles. The van der Waals surface area contributed by atoms with Crippen molar-refractivity contribution in [2.45, 2.75) is 25.3 Å². The Morgan fingerprint density at radius 2 is 1.91 bits per heavy atom. The van der Waals surface area contributed by atoms with Crippen molar-refractivity contribution in [1.82, 2.24) is 4.72 Å². The maximum atomic E-state index is 13.2. The number of aryl methyl sites for hydroxylation is 1. The largest absolute Gasteiger partial charge is 0.295 e. The van der Waals surface area contributed by atoms with E-state index in [1.807, 2.05) is 0 Å². The van der Waals surface area contributed by atoms with Crippen LogP contribution in [0.2, 0.25) is 0 Å². The number of Topliss-reactive ketones (excluding diaryl/α,β-unsaturated/α-hetero) is 1. The van der Waals surface area contributed by atoms with Crippen LogP contribution in [0.15, 0.2) is 47.4 Å². The van der Waals surface area contributed by atoms with Crippen molar-refractivity contribution in [2.75, 3.05) is 0 Å². The summed E-state index contributed by atoms with van der Waals surface area (Å²) in [6, 6.07) is 10.2. The highest BCUT2D eigenvalue weighted by Crippen LogP contribution is 2.14. The van der Waals surface area contributed by atoms with E-state index in [9.17, 15) is 17.6 Å². The Morgan fingerprint density at radius 3 is 2.55 bits per heavy atom. The number of carbonyl (C=O) groups excluding carboxylic acids is 1. The molecule has 0 atom stereocenters. The molecule has 2 aromatic carbocycles. The van der Waals surface area contributed by atoms with Crippen LogP contribution in [0.25, 0.3) is 0 Å². The first-order valence-corrected chi connectivity index (χ1v) is 8.13. The monoisotopic (exact) mass is 321 g/mol. The van der Waals surface area contributed by atoms with E-state index in [-0.39, 0.29) is 23.0 Å². The number of hydrogen-bond acceptors (Lipinski definition) is 3. The zero-order valence-corrected chi connectivity index (χ0v) is 13.1. The number of carbonyl (C=O) groups is 1. The van der Waals surface area contributed by atoms with E-state index in [0.29, 0.717) is 16.7 Å². The molecule has 1 N–H and O–H groups in total. The second-order valence-corrected chi connectivity index (χ2v) is 6.76. The van der Waals surface area contributed by atoms with Gasteiger partial charge in [0, 0.05) is 12.1 Å². The highest BCUT2D eigenvalue weighted by atomic mass is 32.2. The van der Waals surface area contributed by atoms with Gasteiger partial charge in [-0.2, -0.15) is 0 Å². The minimum atomic E-state index is -3.73. The highest BCUT2D eigenvalue weighted by molar-refractivity contribution is 7.89. The first-order valence-electron chi connectivity index (χ1n) is 6.65. The summed E-state index contributed by atoms with van der Waals surface area (Å²) in [5.41, 5.74) is 1.45. The summed E-state index contributed by atoms with van der Waals surface area (Å²) in [4.78, 5) is 11.3. The molecule has 4 nitrogen and oxygen atoms in total. The Balaban J connectivity index is 2.19. The lowest BCUT2D eigenvalue weighted by molar-refractivity contribution is 0.101. The van der Waals surface area contributed by atoms with Gasteiger partial charge in [-0.15, -0.1) is 0 Å². The van der Waals surface area contributed by atoms with Crippen LogP contribution in [0.3, 0.4) is 0 Å². The molecule has 0 fully saturated rings. The number of nitrogens with one attached hydrogen (secondary N) is 1. The average Bonchev–Trinajstić information content (AvgIpc) is 2.48. The minimum Gasteiger partial charge on any atom is -0.295 e. The number of sulfonamides is 1. The smallest absolute Gasteiger partial charge is 0.240 e. The van der Waals surface area contributed by atoms with E-state index in [1.54, 1.807) is 19.1 Å². The molecule has 116 valence electrons. The summed E-state index contributed by atoms with van der Waals surface area (Å²) in [6.45, 7) is 3.04. The lowest BCUT2D eigenvalue weighted by Gasteiger charge is -2.08. The molecule has 0 heterocycles. The van der Waals surface area contributed by atoms with Crippen molar-refractivity contribution in [1.29, 1.82) is 0 Å². The molecule has 6 heteroatoms. The fraction of sp³-hybridized carbons (Fsp3) is 0.188. The van der Waals surface area contributed by atoms with Crippen LogP contribution in [-0.2, 0) is 16.6 Å². The van der Waals surface area contributed by atoms with Gasteiger partial charge in [0.05, 0.1) is 4.90 Å². The van der Waals surface area contributed by atoms with Gasteiger partial charge in [0.25, 0.3) is 0 Å². The van der Waals surface area contributed by atoms with E-state index >= 15 is 0 Å². The third-order valence-electron chi connectivity index (χ3n) is 3.24. The summed E-state index contributed by atoms with van der Waals surface area (Å²) < 4.78 is 40.1. The van der Waals surface area contributed by atoms with Crippen molar-refractivity contribution in [3.63, 3.8) is 0 Å². The molecular formula is C16H16FNO3S. The average molecular weight is 321 g/mol. The number of rotatable bonds is 5. The third kappa shape index (κ3) is 3.78. The van der Waals surface area contributed by atoms with Gasteiger partial charge < -0.3 is 0 Å². The number of ketones is 1. The van der Waals surface area contributed by atoms with Crippen LogP contribution in [0.1, 0.15) is 28.4 Å². The van der Waals surface area contributed by atoms with Gasteiger partial charge in [-0.05, 0) is 43.2 Å². The molecule has 0 saturated carbocycles. The molecule has 0 aliphatic rings. The van der Waals surface area contributed by atoms with Crippen LogP contribution < -0.4 is 4.72 Å². The fourth-order valence-electron chi connectivity index (χ4n) is 1.96. The summed E-state index contributed by atoms with van der Waals surface area (Å²) >= 11 is 0. The number of halogens is 1. The molecule has 0 unspecified atom stereocenters. The van der Waals surface area contributed by atoms with Crippen LogP contribution >= 0.6 is 0 Å².